The van der Waals surface area contributed by atoms with E-state index >= 15 is 0 Å². The Morgan fingerprint density at radius 2 is 2.07 bits per heavy atom. The molecule has 0 aliphatic carbocycles. The van der Waals surface area contributed by atoms with Crippen molar-refractivity contribution in [1.82, 2.24) is 0 Å². The van der Waals surface area contributed by atoms with Gasteiger partial charge in [-0.3, -0.25) is 4.55 Å². The van der Waals surface area contributed by atoms with E-state index in [0.29, 0.717) is 0 Å². The van der Waals surface area contributed by atoms with Crippen molar-refractivity contribution in [1.29, 1.82) is 0 Å². The Kier molecular flexibility index (Phi) is 3.31. The summed E-state index contributed by atoms with van der Waals surface area (Å²) in [5.74, 6) is -0.826. The number of rotatable bonds is 3. The third kappa shape index (κ3) is 2.45. The van der Waals surface area contributed by atoms with Crippen LogP contribution in [0.5, 0.6) is 5.75 Å². The zero-order valence-corrected chi connectivity index (χ0v) is 9.08. The van der Waals surface area contributed by atoms with Gasteiger partial charge in [-0.05, 0) is 13.0 Å². The first-order valence-corrected chi connectivity index (χ1v) is 5.67. The quantitative estimate of drug-likeness (QED) is 0.810. The van der Waals surface area contributed by atoms with Crippen LogP contribution in [0, 0.1) is 5.82 Å². The van der Waals surface area contributed by atoms with E-state index in [1.54, 1.807) is 0 Å². The molecular formula is C9H11FO4S. The van der Waals surface area contributed by atoms with Crippen LogP contribution in [0.25, 0.3) is 0 Å². The van der Waals surface area contributed by atoms with E-state index in [-0.39, 0.29) is 11.3 Å². The molecule has 0 spiro atoms. The second-order valence-electron chi connectivity index (χ2n) is 3.02. The maximum absolute atomic E-state index is 13.6. The second kappa shape index (κ2) is 4.16. The highest BCUT2D eigenvalue weighted by atomic mass is 32.2. The van der Waals surface area contributed by atoms with Crippen molar-refractivity contribution in [2.75, 3.05) is 7.11 Å². The van der Waals surface area contributed by atoms with E-state index in [1.807, 2.05) is 0 Å². The minimum absolute atomic E-state index is 0.0528. The van der Waals surface area contributed by atoms with Gasteiger partial charge in [0.1, 0.15) is 5.25 Å². The van der Waals surface area contributed by atoms with Crippen LogP contribution in [0.1, 0.15) is 17.7 Å². The van der Waals surface area contributed by atoms with E-state index in [0.717, 1.165) is 0 Å². The van der Waals surface area contributed by atoms with E-state index < -0.39 is 21.2 Å². The van der Waals surface area contributed by atoms with Gasteiger partial charge in [-0.15, -0.1) is 0 Å². The summed E-state index contributed by atoms with van der Waals surface area (Å²) in [6.07, 6.45) is 0. The molecule has 0 aromatic heterocycles. The Bertz CT molecular complexity index is 455. The zero-order chi connectivity index (χ0) is 11.6. The van der Waals surface area contributed by atoms with Gasteiger partial charge in [0.05, 0.1) is 7.11 Å². The highest BCUT2D eigenvalue weighted by Crippen LogP contribution is 2.28. The fourth-order valence-electron chi connectivity index (χ4n) is 1.16. The average Bonchev–Trinajstić information content (AvgIpc) is 2.16. The Morgan fingerprint density at radius 3 is 2.53 bits per heavy atom. The van der Waals surface area contributed by atoms with Crippen molar-refractivity contribution < 1.29 is 22.1 Å². The Morgan fingerprint density at radius 1 is 1.47 bits per heavy atom. The predicted octanol–water partition coefficient (Wildman–Crippen LogP) is 1.78. The SMILES string of the molecule is COc1cccc(C(C)S(=O)(=O)O)c1F. The van der Waals surface area contributed by atoms with Gasteiger partial charge < -0.3 is 4.74 Å². The molecule has 1 N–H and O–H groups in total. The smallest absolute Gasteiger partial charge is 0.271 e. The highest BCUT2D eigenvalue weighted by Gasteiger charge is 2.24. The van der Waals surface area contributed by atoms with Crippen molar-refractivity contribution in [3.05, 3.63) is 29.6 Å². The summed E-state index contributed by atoms with van der Waals surface area (Å²) < 4.78 is 48.7. The summed E-state index contributed by atoms with van der Waals surface area (Å²) in [4.78, 5) is 0. The molecule has 0 aliphatic heterocycles. The van der Waals surface area contributed by atoms with Gasteiger partial charge in [-0.1, -0.05) is 12.1 Å². The van der Waals surface area contributed by atoms with Gasteiger partial charge in [0.15, 0.2) is 11.6 Å². The van der Waals surface area contributed by atoms with Gasteiger partial charge in [0.2, 0.25) is 0 Å². The molecule has 0 radical (unpaired) electrons. The standard InChI is InChI=1S/C9H11FO4S/c1-6(15(11,12)13)7-4-3-5-8(14-2)9(7)10/h3-6H,1-2H3,(H,11,12,13). The Balaban J connectivity index is 3.27. The van der Waals surface area contributed by atoms with Crippen LogP contribution in [-0.2, 0) is 10.1 Å². The molecule has 0 fully saturated rings. The average molecular weight is 234 g/mol. The van der Waals surface area contributed by atoms with Gasteiger partial charge in [-0.2, -0.15) is 8.42 Å². The lowest BCUT2D eigenvalue weighted by molar-refractivity contribution is 0.383. The van der Waals surface area contributed by atoms with Crippen molar-refractivity contribution in [2.24, 2.45) is 0 Å². The van der Waals surface area contributed by atoms with E-state index in [1.165, 1.54) is 32.2 Å². The van der Waals surface area contributed by atoms with Crippen molar-refractivity contribution in [3.63, 3.8) is 0 Å². The molecule has 1 aromatic carbocycles. The summed E-state index contributed by atoms with van der Waals surface area (Å²) in [6.45, 7) is 1.20. The zero-order valence-electron chi connectivity index (χ0n) is 8.27. The van der Waals surface area contributed by atoms with Crippen LogP contribution < -0.4 is 4.74 Å². The van der Waals surface area contributed by atoms with Crippen LogP contribution in [0.15, 0.2) is 18.2 Å². The van der Waals surface area contributed by atoms with Crippen molar-refractivity contribution in [2.45, 2.75) is 12.2 Å². The van der Waals surface area contributed by atoms with Crippen LogP contribution in [0.2, 0.25) is 0 Å². The molecule has 0 saturated carbocycles. The van der Waals surface area contributed by atoms with E-state index in [2.05, 4.69) is 0 Å². The summed E-state index contributed by atoms with van der Waals surface area (Å²) >= 11 is 0. The van der Waals surface area contributed by atoms with Crippen LogP contribution in [-0.4, -0.2) is 20.1 Å². The number of hydrogen-bond donors (Lipinski definition) is 1. The molecule has 15 heavy (non-hydrogen) atoms. The first-order valence-electron chi connectivity index (χ1n) is 4.16. The number of methoxy groups -OCH3 is 1. The molecule has 0 bridgehead atoms. The first kappa shape index (κ1) is 11.9. The highest BCUT2D eigenvalue weighted by molar-refractivity contribution is 7.86. The minimum atomic E-state index is -4.30. The van der Waals surface area contributed by atoms with Crippen LogP contribution in [0.4, 0.5) is 4.39 Å². The Hall–Kier alpha value is -1.14. The number of hydrogen-bond acceptors (Lipinski definition) is 3. The Labute approximate surface area is 87.4 Å². The molecule has 1 rings (SSSR count). The largest absolute Gasteiger partial charge is 0.494 e. The summed E-state index contributed by atoms with van der Waals surface area (Å²) in [7, 11) is -3.02. The maximum Gasteiger partial charge on any atom is 0.271 e. The topological polar surface area (TPSA) is 63.6 Å². The van der Waals surface area contributed by atoms with E-state index in [9.17, 15) is 12.8 Å². The molecule has 4 nitrogen and oxygen atoms in total. The fraction of sp³-hybridized carbons (Fsp3) is 0.333. The number of halogens is 1. The molecule has 0 heterocycles. The molecular weight excluding hydrogens is 223 g/mol. The second-order valence-corrected chi connectivity index (χ2v) is 4.76. The lowest BCUT2D eigenvalue weighted by Crippen LogP contribution is -2.10. The van der Waals surface area contributed by atoms with E-state index in [4.69, 9.17) is 9.29 Å². The molecule has 0 saturated heterocycles. The lowest BCUT2D eigenvalue weighted by atomic mass is 10.1. The third-order valence-electron chi connectivity index (χ3n) is 2.10. The number of ether oxygens (including phenoxy) is 1. The summed E-state index contributed by atoms with van der Waals surface area (Å²) in [6, 6.07) is 4.12. The normalized spacial score (nSPS) is 13.6. The minimum Gasteiger partial charge on any atom is -0.494 e. The van der Waals surface area contributed by atoms with Crippen LogP contribution in [0.3, 0.4) is 0 Å². The predicted molar refractivity (Wildman–Crippen MR) is 52.9 cm³/mol. The summed E-state index contributed by atoms with van der Waals surface area (Å²) in [5.41, 5.74) is -0.114. The third-order valence-corrected chi connectivity index (χ3v) is 3.25. The molecule has 1 aromatic rings. The van der Waals surface area contributed by atoms with Gasteiger partial charge in [0.25, 0.3) is 10.1 Å². The van der Waals surface area contributed by atoms with Crippen molar-refractivity contribution in [3.8, 4) is 5.75 Å². The molecule has 0 amide bonds. The molecule has 6 heteroatoms. The molecule has 0 aliphatic rings. The lowest BCUT2D eigenvalue weighted by Gasteiger charge is -2.11. The fourth-order valence-corrected chi connectivity index (χ4v) is 1.66. The number of benzene rings is 1. The summed E-state index contributed by atoms with van der Waals surface area (Å²) in [5, 5.41) is -1.31. The van der Waals surface area contributed by atoms with Gasteiger partial charge in [-0.25, -0.2) is 4.39 Å². The van der Waals surface area contributed by atoms with Gasteiger partial charge >= 0.3 is 0 Å². The van der Waals surface area contributed by atoms with Crippen LogP contribution >= 0.6 is 0 Å². The molecule has 84 valence electrons. The molecule has 1 atom stereocenters. The monoisotopic (exact) mass is 234 g/mol. The van der Waals surface area contributed by atoms with Gasteiger partial charge in [0, 0.05) is 5.56 Å². The molecule has 1 unspecified atom stereocenters. The van der Waals surface area contributed by atoms with Crippen molar-refractivity contribution >= 4 is 10.1 Å². The first-order chi connectivity index (χ1) is 6.88. The maximum atomic E-state index is 13.6.